The van der Waals surface area contributed by atoms with Crippen molar-refractivity contribution in [2.45, 2.75) is 25.8 Å². The number of rotatable bonds is 4. The van der Waals surface area contributed by atoms with Crippen LogP contribution in [0.4, 0.5) is 0 Å². The van der Waals surface area contributed by atoms with Crippen molar-refractivity contribution in [2.75, 3.05) is 13.7 Å². The molecule has 3 aromatic carbocycles. The van der Waals surface area contributed by atoms with Crippen LogP contribution in [-0.2, 0) is 10.3 Å². The van der Waals surface area contributed by atoms with Gasteiger partial charge in [0.25, 0.3) is 0 Å². The highest BCUT2D eigenvalue weighted by Crippen LogP contribution is 2.35. The number of amides is 1. The van der Waals surface area contributed by atoms with Gasteiger partial charge in [0, 0.05) is 7.05 Å². The molecule has 148 valence electrons. The molecule has 4 rings (SSSR count). The van der Waals surface area contributed by atoms with Crippen LogP contribution in [0.25, 0.3) is 21.9 Å². The first-order chi connectivity index (χ1) is 13.9. The van der Waals surface area contributed by atoms with Crippen molar-refractivity contribution in [1.82, 2.24) is 4.90 Å². The number of guanidine groups is 1. The number of carbonyl (C=O) groups is 1. The number of hydrogen-bond acceptors (Lipinski definition) is 4. The van der Waals surface area contributed by atoms with Gasteiger partial charge in [-0.15, -0.1) is 0 Å². The molecule has 0 bridgehead atoms. The van der Waals surface area contributed by atoms with Crippen LogP contribution in [-0.4, -0.2) is 30.4 Å². The van der Waals surface area contributed by atoms with E-state index in [-0.39, 0.29) is 11.9 Å². The molecule has 0 aromatic heterocycles. The van der Waals surface area contributed by atoms with E-state index in [0.717, 1.165) is 33.2 Å². The molecule has 1 unspecified atom stereocenters. The fraction of sp³-hybridized carbons (Fsp3) is 0.250. The minimum absolute atomic E-state index is 0.0267. The van der Waals surface area contributed by atoms with Crippen molar-refractivity contribution >= 4 is 22.6 Å². The van der Waals surface area contributed by atoms with E-state index in [9.17, 15) is 4.79 Å². The van der Waals surface area contributed by atoms with E-state index in [1.165, 1.54) is 4.90 Å². The molecule has 0 radical (unpaired) electrons. The van der Waals surface area contributed by atoms with Crippen molar-refractivity contribution in [1.29, 1.82) is 0 Å². The molecule has 1 amide bonds. The summed E-state index contributed by atoms with van der Waals surface area (Å²) in [6.07, 6.45) is 0.297. The first-order valence-electron chi connectivity index (χ1n) is 9.79. The van der Waals surface area contributed by atoms with Gasteiger partial charge < -0.3 is 10.5 Å². The quantitative estimate of drug-likeness (QED) is 0.726. The molecule has 2 N–H and O–H groups in total. The van der Waals surface area contributed by atoms with Crippen molar-refractivity contribution in [2.24, 2.45) is 10.7 Å². The lowest BCUT2D eigenvalue weighted by Gasteiger charge is -2.33. The third-order valence-electron chi connectivity index (χ3n) is 5.52. The summed E-state index contributed by atoms with van der Waals surface area (Å²) in [5.74, 6) is 1.11. The van der Waals surface area contributed by atoms with E-state index < -0.39 is 5.54 Å². The second-order valence-corrected chi connectivity index (χ2v) is 7.61. The standard InChI is InChI=1S/C24H25N3O2/c1-4-29-21-11-10-18-12-17(8-9-19(18)14-21)16-6-5-7-20(13-16)24(2)15-22(28)27(3)23(25)26-24/h5-14H,4,15H2,1-3H3,(H2,25,26). The number of carbonyl (C=O) groups excluding carboxylic acids is 1. The fourth-order valence-corrected chi connectivity index (χ4v) is 3.77. The van der Waals surface area contributed by atoms with Gasteiger partial charge in [0.1, 0.15) is 5.75 Å². The van der Waals surface area contributed by atoms with Crippen molar-refractivity contribution in [3.63, 3.8) is 0 Å². The van der Waals surface area contributed by atoms with Crippen LogP contribution in [0.5, 0.6) is 5.75 Å². The van der Waals surface area contributed by atoms with Crippen LogP contribution in [0, 0.1) is 0 Å². The van der Waals surface area contributed by atoms with Gasteiger partial charge in [0.2, 0.25) is 5.91 Å². The highest BCUT2D eigenvalue weighted by Gasteiger charge is 2.36. The molecule has 1 aliphatic heterocycles. The molecule has 1 atom stereocenters. The third-order valence-corrected chi connectivity index (χ3v) is 5.52. The molecule has 3 aromatic rings. The van der Waals surface area contributed by atoms with E-state index in [1.54, 1.807) is 7.05 Å². The Balaban J connectivity index is 1.72. The summed E-state index contributed by atoms with van der Waals surface area (Å²) in [7, 11) is 1.66. The van der Waals surface area contributed by atoms with E-state index in [0.29, 0.717) is 13.0 Å². The number of aliphatic imine (C=N–C) groups is 1. The Hall–Kier alpha value is -3.34. The molecule has 0 aliphatic carbocycles. The lowest BCUT2D eigenvalue weighted by atomic mass is 9.86. The summed E-state index contributed by atoms with van der Waals surface area (Å²) < 4.78 is 5.59. The summed E-state index contributed by atoms with van der Waals surface area (Å²) in [4.78, 5) is 18.3. The largest absolute Gasteiger partial charge is 0.494 e. The van der Waals surface area contributed by atoms with E-state index in [2.05, 4.69) is 47.5 Å². The Labute approximate surface area is 170 Å². The Kier molecular flexibility index (Phi) is 4.74. The van der Waals surface area contributed by atoms with Crippen LogP contribution in [0.1, 0.15) is 25.8 Å². The van der Waals surface area contributed by atoms with Crippen molar-refractivity contribution in [3.05, 3.63) is 66.2 Å². The van der Waals surface area contributed by atoms with Crippen LogP contribution >= 0.6 is 0 Å². The normalized spacial score (nSPS) is 19.3. The molecule has 29 heavy (non-hydrogen) atoms. The zero-order chi connectivity index (χ0) is 20.6. The van der Waals surface area contributed by atoms with Gasteiger partial charge in [-0.2, -0.15) is 0 Å². The van der Waals surface area contributed by atoms with Gasteiger partial charge in [0.15, 0.2) is 5.96 Å². The number of benzene rings is 3. The number of hydrogen-bond donors (Lipinski definition) is 1. The maximum atomic E-state index is 12.3. The summed E-state index contributed by atoms with van der Waals surface area (Å²) in [5, 5.41) is 2.29. The van der Waals surface area contributed by atoms with Gasteiger partial charge in [-0.05, 0) is 65.6 Å². The van der Waals surface area contributed by atoms with Gasteiger partial charge in [0.05, 0.1) is 18.6 Å². The lowest BCUT2D eigenvalue weighted by Crippen LogP contribution is -2.47. The minimum Gasteiger partial charge on any atom is -0.494 e. The first kappa shape index (κ1) is 19.0. The minimum atomic E-state index is -0.660. The van der Waals surface area contributed by atoms with Crippen LogP contribution in [0.2, 0.25) is 0 Å². The monoisotopic (exact) mass is 387 g/mol. The highest BCUT2D eigenvalue weighted by atomic mass is 16.5. The molecule has 0 saturated carbocycles. The van der Waals surface area contributed by atoms with Crippen LogP contribution in [0.3, 0.4) is 0 Å². The molecule has 5 heteroatoms. The Bertz CT molecular complexity index is 1120. The Morgan fingerprint density at radius 3 is 2.55 bits per heavy atom. The SMILES string of the molecule is CCOc1ccc2cc(-c3cccc(C4(C)CC(=O)N(C)C(N)=N4)c3)ccc2c1. The molecule has 0 spiro atoms. The molecular weight excluding hydrogens is 362 g/mol. The lowest BCUT2D eigenvalue weighted by molar-refractivity contribution is -0.128. The fourth-order valence-electron chi connectivity index (χ4n) is 3.77. The smallest absolute Gasteiger partial charge is 0.231 e. The summed E-state index contributed by atoms with van der Waals surface area (Å²) in [5.41, 5.74) is 8.49. The first-order valence-corrected chi connectivity index (χ1v) is 9.79. The number of ether oxygens (including phenoxy) is 1. The summed E-state index contributed by atoms with van der Waals surface area (Å²) >= 11 is 0. The molecule has 5 nitrogen and oxygen atoms in total. The van der Waals surface area contributed by atoms with E-state index >= 15 is 0 Å². The van der Waals surface area contributed by atoms with Gasteiger partial charge >= 0.3 is 0 Å². The predicted octanol–water partition coefficient (Wildman–Crippen LogP) is 4.30. The Morgan fingerprint density at radius 2 is 1.79 bits per heavy atom. The zero-order valence-electron chi connectivity index (χ0n) is 17.0. The summed E-state index contributed by atoms with van der Waals surface area (Å²) in [6.45, 7) is 4.59. The number of fused-ring (bicyclic) bond motifs is 1. The van der Waals surface area contributed by atoms with Gasteiger partial charge in [-0.1, -0.05) is 36.4 Å². The van der Waals surface area contributed by atoms with Gasteiger partial charge in [-0.3, -0.25) is 9.69 Å². The highest BCUT2D eigenvalue weighted by molar-refractivity contribution is 5.98. The van der Waals surface area contributed by atoms with Crippen LogP contribution < -0.4 is 10.5 Å². The predicted molar refractivity (Wildman–Crippen MR) is 117 cm³/mol. The maximum absolute atomic E-state index is 12.3. The Morgan fingerprint density at radius 1 is 1.07 bits per heavy atom. The topological polar surface area (TPSA) is 67.9 Å². The van der Waals surface area contributed by atoms with Crippen molar-refractivity contribution in [3.8, 4) is 16.9 Å². The van der Waals surface area contributed by atoms with Crippen molar-refractivity contribution < 1.29 is 9.53 Å². The zero-order valence-corrected chi connectivity index (χ0v) is 17.0. The van der Waals surface area contributed by atoms with E-state index in [4.69, 9.17) is 10.5 Å². The second-order valence-electron chi connectivity index (χ2n) is 7.61. The average molecular weight is 387 g/mol. The van der Waals surface area contributed by atoms with E-state index in [1.807, 2.05) is 32.0 Å². The third kappa shape index (κ3) is 3.56. The number of nitrogens with zero attached hydrogens (tertiary/aromatic N) is 2. The molecule has 0 saturated heterocycles. The number of nitrogens with two attached hydrogens (primary N) is 1. The maximum Gasteiger partial charge on any atom is 0.231 e. The molecule has 0 fully saturated rings. The summed E-state index contributed by atoms with van der Waals surface area (Å²) in [6, 6.07) is 20.7. The molecule has 1 heterocycles. The second kappa shape index (κ2) is 7.24. The van der Waals surface area contributed by atoms with Crippen LogP contribution in [0.15, 0.2) is 65.7 Å². The molecular formula is C24H25N3O2. The average Bonchev–Trinajstić information content (AvgIpc) is 2.72. The van der Waals surface area contributed by atoms with Gasteiger partial charge in [-0.25, -0.2) is 4.99 Å². The molecule has 1 aliphatic rings.